The minimum Gasteiger partial charge on any atom is -0.493 e. The molecular weight excluding hydrogens is 556 g/mol. The number of fused-ring (bicyclic) bond motifs is 1. The first-order chi connectivity index (χ1) is 20.3. The van der Waals surface area contributed by atoms with Crippen LogP contribution in [-0.4, -0.2) is 98.0 Å². The molecule has 3 aromatic carbocycles. The Bertz CT molecular complexity index is 1430. The summed E-state index contributed by atoms with van der Waals surface area (Å²) < 4.78 is 49.3. The fourth-order valence-electron chi connectivity index (χ4n) is 4.43. The molecular formula is C29H34O13. The first-order valence-corrected chi connectivity index (χ1v) is 12.5. The van der Waals surface area contributed by atoms with Gasteiger partial charge in [0.1, 0.15) is 24.0 Å². The summed E-state index contributed by atoms with van der Waals surface area (Å²) in [7, 11) is 9.70. The third-order valence-corrected chi connectivity index (χ3v) is 6.26. The number of aliphatic hydroxyl groups is 2. The molecule has 0 fully saturated rings. The zero-order valence-corrected chi connectivity index (χ0v) is 24.4. The highest BCUT2D eigenvalue weighted by atomic mass is 16.7. The van der Waals surface area contributed by atoms with E-state index in [2.05, 4.69) is 0 Å². The molecule has 0 saturated carbocycles. The second kappa shape index (κ2) is 14.4. The van der Waals surface area contributed by atoms with Crippen LogP contribution < -0.4 is 28.4 Å². The van der Waals surface area contributed by atoms with E-state index in [1.54, 1.807) is 24.3 Å². The van der Waals surface area contributed by atoms with Crippen LogP contribution in [0, 0.1) is 0 Å². The zero-order chi connectivity index (χ0) is 31.0. The summed E-state index contributed by atoms with van der Waals surface area (Å²) >= 11 is 0. The fourth-order valence-corrected chi connectivity index (χ4v) is 4.43. The molecule has 0 aliphatic carbocycles. The number of hydrogen-bond acceptors (Lipinski definition) is 13. The summed E-state index contributed by atoms with van der Waals surface area (Å²) in [5.74, 6) is -0.782. The number of aliphatic hydroxyl groups excluding tert-OH is 2. The van der Waals surface area contributed by atoms with E-state index in [9.17, 15) is 19.8 Å². The average molecular weight is 591 g/mol. The van der Waals surface area contributed by atoms with Crippen LogP contribution in [0.1, 0.15) is 20.7 Å². The number of esters is 2. The van der Waals surface area contributed by atoms with Gasteiger partial charge in [-0.05, 0) is 23.8 Å². The zero-order valence-electron chi connectivity index (χ0n) is 24.4. The molecule has 13 nitrogen and oxygen atoms in total. The maximum Gasteiger partial charge on any atom is 0.342 e. The molecule has 0 aliphatic heterocycles. The topological polar surface area (TPSA) is 158 Å². The van der Waals surface area contributed by atoms with Crippen LogP contribution in [0.5, 0.6) is 34.5 Å². The lowest BCUT2D eigenvalue weighted by molar-refractivity contribution is 0.00806. The van der Waals surface area contributed by atoms with Gasteiger partial charge in [0.25, 0.3) is 0 Å². The lowest BCUT2D eigenvalue weighted by atomic mass is 9.87. The Balaban J connectivity index is 2.68. The maximum atomic E-state index is 13.7. The van der Waals surface area contributed by atoms with Gasteiger partial charge in [-0.15, -0.1) is 0 Å². The van der Waals surface area contributed by atoms with Crippen LogP contribution in [0.2, 0.25) is 0 Å². The van der Waals surface area contributed by atoms with Crippen LogP contribution in [0.3, 0.4) is 0 Å². The summed E-state index contributed by atoms with van der Waals surface area (Å²) in [6, 6.07) is 6.43. The van der Waals surface area contributed by atoms with Crippen molar-refractivity contribution in [3.8, 4) is 45.6 Å². The molecule has 0 amide bonds. The highest BCUT2D eigenvalue weighted by Crippen LogP contribution is 2.53. The molecule has 13 heteroatoms. The van der Waals surface area contributed by atoms with Crippen molar-refractivity contribution in [1.82, 2.24) is 0 Å². The van der Waals surface area contributed by atoms with Crippen molar-refractivity contribution in [2.24, 2.45) is 0 Å². The van der Waals surface area contributed by atoms with Gasteiger partial charge >= 0.3 is 11.9 Å². The third-order valence-electron chi connectivity index (χ3n) is 6.26. The van der Waals surface area contributed by atoms with E-state index in [1.807, 2.05) is 0 Å². The number of carbonyl (C=O) groups is 2. The van der Waals surface area contributed by atoms with E-state index < -0.39 is 31.3 Å². The van der Waals surface area contributed by atoms with E-state index in [4.69, 9.17) is 42.6 Å². The summed E-state index contributed by atoms with van der Waals surface area (Å²) in [5, 5.41) is 19.6. The Hall–Kier alpha value is -4.46. The molecule has 42 heavy (non-hydrogen) atoms. The fraction of sp³-hybridized carbons (Fsp3) is 0.379. The largest absolute Gasteiger partial charge is 0.493 e. The maximum absolute atomic E-state index is 13.7. The molecule has 0 spiro atoms. The molecule has 2 N–H and O–H groups in total. The highest BCUT2D eigenvalue weighted by Gasteiger charge is 2.35. The van der Waals surface area contributed by atoms with Gasteiger partial charge in [-0.2, -0.15) is 0 Å². The summed E-state index contributed by atoms with van der Waals surface area (Å²) in [4.78, 5) is 27.3. The highest BCUT2D eigenvalue weighted by molar-refractivity contribution is 6.20. The minimum atomic E-state index is -1.37. The van der Waals surface area contributed by atoms with E-state index in [0.29, 0.717) is 22.4 Å². The quantitative estimate of drug-likeness (QED) is 0.209. The van der Waals surface area contributed by atoms with Crippen LogP contribution in [0.15, 0.2) is 24.3 Å². The molecule has 0 heterocycles. The van der Waals surface area contributed by atoms with Crippen molar-refractivity contribution >= 4 is 22.7 Å². The molecule has 0 radical (unpaired) electrons. The predicted molar refractivity (Wildman–Crippen MR) is 149 cm³/mol. The normalized spacial score (nSPS) is 11.5. The van der Waals surface area contributed by atoms with Gasteiger partial charge in [0.05, 0.1) is 54.8 Å². The molecule has 3 aromatic rings. The molecule has 0 bridgehead atoms. The Morgan fingerprint density at radius 2 is 1.43 bits per heavy atom. The first kappa shape index (κ1) is 32.1. The minimum absolute atomic E-state index is 0.126. The SMILES string of the molecule is COCOc1c(C(=O)OCC(O)CO)c(C(=O)OC)c(-c2ccc(OC)c(OC)c2)c2c(OC)c(OC)c(OC)cc12. The third kappa shape index (κ3) is 6.08. The van der Waals surface area contributed by atoms with Gasteiger partial charge in [0.15, 0.2) is 29.8 Å². The van der Waals surface area contributed by atoms with Gasteiger partial charge in [0, 0.05) is 23.4 Å². The number of benzene rings is 3. The lowest BCUT2D eigenvalue weighted by Gasteiger charge is -2.24. The second-order valence-electron chi connectivity index (χ2n) is 8.57. The Morgan fingerprint density at radius 3 is 1.98 bits per heavy atom. The first-order valence-electron chi connectivity index (χ1n) is 12.5. The number of hydrogen-bond donors (Lipinski definition) is 2. The van der Waals surface area contributed by atoms with E-state index >= 15 is 0 Å². The van der Waals surface area contributed by atoms with Gasteiger partial charge in [0.2, 0.25) is 5.75 Å². The Morgan fingerprint density at radius 1 is 0.762 bits per heavy atom. The van der Waals surface area contributed by atoms with Crippen molar-refractivity contribution in [1.29, 1.82) is 0 Å². The molecule has 3 rings (SSSR count). The molecule has 228 valence electrons. The Labute approximate surface area is 242 Å². The van der Waals surface area contributed by atoms with E-state index in [-0.39, 0.29) is 51.9 Å². The van der Waals surface area contributed by atoms with Gasteiger partial charge in [-0.1, -0.05) is 6.07 Å². The van der Waals surface area contributed by atoms with Crippen molar-refractivity contribution < 1.29 is 62.4 Å². The van der Waals surface area contributed by atoms with Crippen molar-refractivity contribution in [3.63, 3.8) is 0 Å². The van der Waals surface area contributed by atoms with Crippen molar-refractivity contribution in [2.75, 3.05) is 69.8 Å². The number of methoxy groups -OCH3 is 7. The van der Waals surface area contributed by atoms with Gasteiger partial charge in [-0.3, -0.25) is 0 Å². The van der Waals surface area contributed by atoms with Crippen molar-refractivity contribution in [2.45, 2.75) is 6.10 Å². The smallest absolute Gasteiger partial charge is 0.342 e. The van der Waals surface area contributed by atoms with Gasteiger partial charge in [-0.25, -0.2) is 9.59 Å². The number of carbonyl (C=O) groups excluding carboxylic acids is 2. The average Bonchev–Trinajstić information content (AvgIpc) is 3.03. The summed E-state index contributed by atoms with van der Waals surface area (Å²) in [6.07, 6.45) is -1.37. The van der Waals surface area contributed by atoms with Crippen LogP contribution >= 0.6 is 0 Å². The Kier molecular flexibility index (Phi) is 11.0. The molecule has 1 unspecified atom stereocenters. The van der Waals surface area contributed by atoms with Crippen molar-refractivity contribution in [3.05, 3.63) is 35.4 Å². The number of rotatable bonds is 14. The number of ether oxygens (including phenoxy) is 9. The van der Waals surface area contributed by atoms with E-state index in [0.717, 1.165) is 7.11 Å². The predicted octanol–water partition coefficient (Wildman–Crippen LogP) is 2.83. The molecule has 0 aliphatic rings. The van der Waals surface area contributed by atoms with Gasteiger partial charge < -0.3 is 52.8 Å². The van der Waals surface area contributed by atoms with Crippen LogP contribution in [0.4, 0.5) is 0 Å². The lowest BCUT2D eigenvalue weighted by Crippen LogP contribution is -2.24. The molecule has 0 aromatic heterocycles. The molecule has 1 atom stereocenters. The second-order valence-corrected chi connectivity index (χ2v) is 8.57. The summed E-state index contributed by atoms with van der Waals surface area (Å²) in [5.41, 5.74) is -0.0192. The van der Waals surface area contributed by atoms with Crippen LogP contribution in [0.25, 0.3) is 21.9 Å². The standard InChI is InChI=1S/C29H34O13/c1-34-14-42-25-17-11-20(37-4)26(38-5)27(39-6)22(17)21(15-8-9-18(35-2)19(10-15)36-3)23(28(32)40-7)24(25)29(33)41-13-16(31)12-30/h8-11,16,30-31H,12-14H2,1-7H3. The molecule has 0 saturated heterocycles. The summed E-state index contributed by atoms with van der Waals surface area (Å²) in [6.45, 7) is -1.56. The van der Waals surface area contributed by atoms with E-state index in [1.165, 1.54) is 42.7 Å². The van der Waals surface area contributed by atoms with Crippen LogP contribution in [-0.2, 0) is 14.2 Å². The monoisotopic (exact) mass is 590 g/mol.